The van der Waals surface area contributed by atoms with E-state index in [9.17, 15) is 10.1 Å². The van der Waals surface area contributed by atoms with Crippen LogP contribution in [0.2, 0.25) is 0 Å². The topological polar surface area (TPSA) is 96.8 Å². The minimum atomic E-state index is -0.618. The molecule has 0 radical (unpaired) electrons. The number of rotatable bonds is 4. The lowest BCUT2D eigenvalue weighted by atomic mass is 10.2. The molecule has 2 N–H and O–H groups in total. The molecule has 0 atom stereocenters. The molecule has 0 amide bonds. The lowest BCUT2D eigenvalue weighted by Gasteiger charge is -2.12. The number of nitro groups is 1. The molecule has 1 rings (SSSR count). The SMILES string of the molecule is COc1cc(OC)c([N+](=O)[O-])c(OC)c1N. The van der Waals surface area contributed by atoms with E-state index in [1.165, 1.54) is 27.4 Å². The van der Waals surface area contributed by atoms with Crippen LogP contribution in [0.15, 0.2) is 6.07 Å². The van der Waals surface area contributed by atoms with Crippen molar-refractivity contribution in [2.75, 3.05) is 27.1 Å². The Morgan fingerprint density at radius 2 is 1.75 bits per heavy atom. The summed E-state index contributed by atoms with van der Waals surface area (Å²) < 4.78 is 14.7. The van der Waals surface area contributed by atoms with Crippen LogP contribution in [0.3, 0.4) is 0 Å². The van der Waals surface area contributed by atoms with Crippen molar-refractivity contribution in [1.29, 1.82) is 0 Å². The molecule has 0 saturated carbocycles. The molecule has 16 heavy (non-hydrogen) atoms. The first kappa shape index (κ1) is 11.9. The number of anilines is 1. The molecule has 0 fully saturated rings. The molecule has 0 heterocycles. The van der Waals surface area contributed by atoms with E-state index in [1.807, 2.05) is 0 Å². The van der Waals surface area contributed by atoms with E-state index in [0.717, 1.165) is 0 Å². The van der Waals surface area contributed by atoms with Gasteiger partial charge in [0.15, 0.2) is 0 Å². The van der Waals surface area contributed by atoms with Gasteiger partial charge in [-0.05, 0) is 0 Å². The summed E-state index contributed by atoms with van der Waals surface area (Å²) in [6.45, 7) is 0. The summed E-state index contributed by atoms with van der Waals surface area (Å²) in [4.78, 5) is 10.2. The second-order valence-corrected chi connectivity index (χ2v) is 2.83. The monoisotopic (exact) mass is 228 g/mol. The summed E-state index contributed by atoms with van der Waals surface area (Å²) in [5.74, 6) is 0.230. The summed E-state index contributed by atoms with van der Waals surface area (Å²) in [6, 6.07) is 1.34. The number of hydrogen-bond acceptors (Lipinski definition) is 6. The quantitative estimate of drug-likeness (QED) is 0.472. The van der Waals surface area contributed by atoms with Crippen molar-refractivity contribution in [3.63, 3.8) is 0 Å². The average Bonchev–Trinajstić information content (AvgIpc) is 2.27. The summed E-state index contributed by atoms with van der Waals surface area (Å²) >= 11 is 0. The number of nitrogen functional groups attached to an aromatic ring is 1. The second-order valence-electron chi connectivity index (χ2n) is 2.83. The highest BCUT2D eigenvalue weighted by Gasteiger charge is 2.27. The fourth-order valence-corrected chi connectivity index (χ4v) is 1.32. The Bertz CT molecular complexity index is 419. The van der Waals surface area contributed by atoms with Crippen LogP contribution in [0.25, 0.3) is 0 Å². The Morgan fingerprint density at radius 3 is 2.12 bits per heavy atom. The minimum absolute atomic E-state index is 0.0351. The van der Waals surface area contributed by atoms with Gasteiger partial charge in [-0.1, -0.05) is 0 Å². The number of methoxy groups -OCH3 is 3. The maximum absolute atomic E-state index is 10.9. The molecule has 0 aliphatic rings. The lowest BCUT2D eigenvalue weighted by molar-refractivity contribution is -0.386. The fourth-order valence-electron chi connectivity index (χ4n) is 1.32. The lowest BCUT2D eigenvalue weighted by Crippen LogP contribution is -2.03. The van der Waals surface area contributed by atoms with Crippen LogP contribution < -0.4 is 19.9 Å². The molecule has 0 unspecified atom stereocenters. The number of ether oxygens (including phenoxy) is 3. The molecule has 0 spiro atoms. The van der Waals surface area contributed by atoms with Crippen LogP contribution >= 0.6 is 0 Å². The predicted molar refractivity (Wildman–Crippen MR) is 57.2 cm³/mol. The normalized spacial score (nSPS) is 9.69. The van der Waals surface area contributed by atoms with E-state index in [0.29, 0.717) is 0 Å². The molecule has 88 valence electrons. The zero-order valence-electron chi connectivity index (χ0n) is 9.14. The fraction of sp³-hybridized carbons (Fsp3) is 0.333. The molecule has 1 aromatic carbocycles. The third-order valence-corrected chi connectivity index (χ3v) is 2.05. The van der Waals surface area contributed by atoms with E-state index in [-0.39, 0.29) is 28.6 Å². The van der Waals surface area contributed by atoms with E-state index >= 15 is 0 Å². The Balaban J connectivity index is 3.57. The Labute approximate surface area is 91.9 Å². The van der Waals surface area contributed by atoms with E-state index in [2.05, 4.69) is 0 Å². The standard InChI is InChI=1S/C9H12N2O5/c1-14-5-4-6(15-2)8(11(12)13)9(16-3)7(5)10/h4H,10H2,1-3H3. The molecule has 0 aromatic heterocycles. The molecular formula is C9H12N2O5. The molecule has 7 nitrogen and oxygen atoms in total. The van der Waals surface area contributed by atoms with E-state index < -0.39 is 4.92 Å². The Hall–Kier alpha value is -2.18. The second kappa shape index (κ2) is 4.56. The van der Waals surface area contributed by atoms with Crippen LogP contribution in [0.4, 0.5) is 11.4 Å². The first-order chi connectivity index (χ1) is 7.56. The van der Waals surface area contributed by atoms with Crippen molar-refractivity contribution in [2.45, 2.75) is 0 Å². The van der Waals surface area contributed by atoms with Crippen LogP contribution in [0.1, 0.15) is 0 Å². The molecule has 0 bridgehead atoms. The van der Waals surface area contributed by atoms with Gasteiger partial charge in [0.2, 0.25) is 11.5 Å². The van der Waals surface area contributed by atoms with Gasteiger partial charge in [-0.15, -0.1) is 0 Å². The number of benzene rings is 1. The van der Waals surface area contributed by atoms with Gasteiger partial charge < -0.3 is 19.9 Å². The minimum Gasteiger partial charge on any atom is -0.494 e. The van der Waals surface area contributed by atoms with Crippen molar-refractivity contribution in [3.8, 4) is 17.2 Å². The van der Waals surface area contributed by atoms with Gasteiger partial charge in [0.05, 0.1) is 26.3 Å². The number of nitrogens with zero attached hydrogens (tertiary/aromatic N) is 1. The van der Waals surface area contributed by atoms with Crippen molar-refractivity contribution < 1.29 is 19.1 Å². The van der Waals surface area contributed by atoms with Crippen molar-refractivity contribution >= 4 is 11.4 Å². The third kappa shape index (κ3) is 1.79. The summed E-state index contributed by atoms with van der Waals surface area (Å²) in [5.41, 5.74) is 5.41. The summed E-state index contributed by atoms with van der Waals surface area (Å²) in [5, 5.41) is 10.9. The van der Waals surface area contributed by atoms with Crippen molar-refractivity contribution in [1.82, 2.24) is 0 Å². The maximum Gasteiger partial charge on any atom is 0.354 e. The van der Waals surface area contributed by atoms with Gasteiger partial charge in [-0.3, -0.25) is 10.1 Å². The van der Waals surface area contributed by atoms with E-state index in [4.69, 9.17) is 19.9 Å². The van der Waals surface area contributed by atoms with Gasteiger partial charge in [0.1, 0.15) is 11.4 Å². The van der Waals surface area contributed by atoms with Crippen molar-refractivity contribution in [2.24, 2.45) is 0 Å². The molecule has 0 saturated heterocycles. The van der Waals surface area contributed by atoms with Gasteiger partial charge >= 0.3 is 5.69 Å². The predicted octanol–water partition coefficient (Wildman–Crippen LogP) is 1.20. The average molecular weight is 228 g/mol. The zero-order chi connectivity index (χ0) is 12.3. The van der Waals surface area contributed by atoms with Gasteiger partial charge in [0, 0.05) is 6.07 Å². The Kier molecular flexibility index (Phi) is 3.39. The highest BCUT2D eigenvalue weighted by molar-refractivity contribution is 5.76. The van der Waals surface area contributed by atoms with Crippen LogP contribution in [-0.2, 0) is 0 Å². The first-order valence-corrected chi connectivity index (χ1v) is 4.29. The summed E-state index contributed by atoms with van der Waals surface area (Å²) in [7, 11) is 4.01. The largest absolute Gasteiger partial charge is 0.494 e. The van der Waals surface area contributed by atoms with Gasteiger partial charge in [0.25, 0.3) is 0 Å². The van der Waals surface area contributed by atoms with Crippen LogP contribution in [0.5, 0.6) is 17.2 Å². The maximum atomic E-state index is 10.9. The highest BCUT2D eigenvalue weighted by Crippen LogP contribution is 2.46. The first-order valence-electron chi connectivity index (χ1n) is 4.29. The number of nitrogens with two attached hydrogens (primary N) is 1. The third-order valence-electron chi connectivity index (χ3n) is 2.05. The molecular weight excluding hydrogens is 216 g/mol. The van der Waals surface area contributed by atoms with Crippen LogP contribution in [-0.4, -0.2) is 26.3 Å². The smallest absolute Gasteiger partial charge is 0.354 e. The zero-order valence-corrected chi connectivity index (χ0v) is 9.14. The van der Waals surface area contributed by atoms with Gasteiger partial charge in [-0.25, -0.2) is 0 Å². The number of nitro benzene ring substituents is 1. The van der Waals surface area contributed by atoms with Gasteiger partial charge in [-0.2, -0.15) is 0 Å². The van der Waals surface area contributed by atoms with Crippen molar-refractivity contribution in [3.05, 3.63) is 16.2 Å². The molecule has 7 heteroatoms. The van der Waals surface area contributed by atoms with E-state index in [1.54, 1.807) is 0 Å². The molecule has 0 aliphatic heterocycles. The van der Waals surface area contributed by atoms with Crippen LogP contribution in [0, 0.1) is 10.1 Å². The number of hydrogen-bond donors (Lipinski definition) is 1. The Morgan fingerprint density at radius 1 is 1.19 bits per heavy atom. The summed E-state index contributed by atoms with van der Waals surface area (Å²) in [6.07, 6.45) is 0. The molecule has 1 aromatic rings. The highest BCUT2D eigenvalue weighted by atomic mass is 16.6. The molecule has 0 aliphatic carbocycles.